The van der Waals surface area contributed by atoms with Gasteiger partial charge in [0.15, 0.2) is 28.4 Å². The van der Waals surface area contributed by atoms with E-state index in [1.165, 1.54) is 0 Å². The normalized spacial score (nSPS) is 11.0. The summed E-state index contributed by atoms with van der Waals surface area (Å²) in [7, 11) is 0. The number of carbonyl (C=O) groups excluding carboxylic acids is 1. The largest absolute Gasteiger partial charge is 0.298 e. The Morgan fingerprint density at radius 2 is 1.88 bits per heavy atom. The number of thiazole rings is 1. The van der Waals surface area contributed by atoms with Crippen LogP contribution in [-0.4, -0.2) is 10.9 Å². The molecule has 1 amide bonds. The van der Waals surface area contributed by atoms with Gasteiger partial charge < -0.3 is 0 Å². The molecule has 0 saturated carbocycles. The van der Waals surface area contributed by atoms with E-state index in [1.54, 1.807) is 6.07 Å². The lowest BCUT2D eigenvalue weighted by Crippen LogP contribution is -2.16. The van der Waals surface area contributed by atoms with Gasteiger partial charge in [0.2, 0.25) is 0 Å². The molecular formula is C16H10F4N2OS. The van der Waals surface area contributed by atoms with Crippen molar-refractivity contribution < 1.29 is 22.4 Å². The van der Waals surface area contributed by atoms with Gasteiger partial charge in [-0.05, 0) is 30.2 Å². The first-order chi connectivity index (χ1) is 11.4. The number of amides is 1. The molecule has 1 N–H and O–H groups in total. The summed E-state index contributed by atoms with van der Waals surface area (Å²) in [6.07, 6.45) is 0.828. The summed E-state index contributed by atoms with van der Waals surface area (Å²) in [6, 6.07) is 5.88. The molecule has 2 aromatic carbocycles. The Morgan fingerprint density at radius 3 is 2.58 bits per heavy atom. The van der Waals surface area contributed by atoms with Crippen molar-refractivity contribution in [2.45, 2.75) is 13.3 Å². The van der Waals surface area contributed by atoms with Crippen LogP contribution in [0.25, 0.3) is 10.2 Å². The van der Waals surface area contributed by atoms with Crippen molar-refractivity contribution >= 4 is 32.6 Å². The van der Waals surface area contributed by atoms with E-state index in [2.05, 4.69) is 10.3 Å². The fraction of sp³-hybridized carbons (Fsp3) is 0.125. The zero-order chi connectivity index (χ0) is 17.4. The molecule has 0 spiro atoms. The molecule has 0 atom stereocenters. The smallest absolute Gasteiger partial charge is 0.260 e. The van der Waals surface area contributed by atoms with Gasteiger partial charge in [-0.3, -0.25) is 10.1 Å². The highest BCUT2D eigenvalue weighted by Crippen LogP contribution is 2.28. The highest BCUT2D eigenvalue weighted by molar-refractivity contribution is 7.22. The average Bonchev–Trinajstić information content (AvgIpc) is 2.97. The SMILES string of the molecule is CCc1ccc2nc(NC(=O)c3cc(F)c(F)c(F)c3F)sc2c1. The molecule has 0 aliphatic carbocycles. The molecule has 0 aliphatic heterocycles. The zero-order valence-corrected chi connectivity index (χ0v) is 13.1. The van der Waals surface area contributed by atoms with Crippen LogP contribution in [0.5, 0.6) is 0 Å². The molecule has 0 unspecified atom stereocenters. The number of carbonyl (C=O) groups is 1. The first kappa shape index (κ1) is 16.4. The zero-order valence-electron chi connectivity index (χ0n) is 12.3. The van der Waals surface area contributed by atoms with Crippen LogP contribution in [0.4, 0.5) is 22.7 Å². The molecular weight excluding hydrogens is 344 g/mol. The minimum Gasteiger partial charge on any atom is -0.298 e. The van der Waals surface area contributed by atoms with E-state index in [0.29, 0.717) is 11.6 Å². The highest BCUT2D eigenvalue weighted by atomic mass is 32.1. The van der Waals surface area contributed by atoms with Crippen LogP contribution in [0, 0.1) is 23.3 Å². The maximum atomic E-state index is 13.6. The summed E-state index contributed by atoms with van der Waals surface area (Å²) in [5, 5.41) is 2.42. The van der Waals surface area contributed by atoms with E-state index in [9.17, 15) is 22.4 Å². The summed E-state index contributed by atoms with van der Waals surface area (Å²) in [4.78, 5) is 16.2. The summed E-state index contributed by atoms with van der Waals surface area (Å²) in [5.41, 5.74) is 0.780. The predicted molar refractivity (Wildman–Crippen MR) is 83.2 cm³/mol. The monoisotopic (exact) mass is 354 g/mol. The van der Waals surface area contributed by atoms with Crippen LogP contribution >= 0.6 is 11.3 Å². The number of halogens is 4. The van der Waals surface area contributed by atoms with Crippen LogP contribution in [-0.2, 0) is 6.42 Å². The number of rotatable bonds is 3. The number of anilines is 1. The van der Waals surface area contributed by atoms with E-state index in [4.69, 9.17) is 0 Å². The number of benzene rings is 2. The van der Waals surface area contributed by atoms with Crippen LogP contribution in [0.2, 0.25) is 0 Å². The van der Waals surface area contributed by atoms with Crippen LogP contribution < -0.4 is 5.32 Å². The first-order valence-electron chi connectivity index (χ1n) is 6.94. The van der Waals surface area contributed by atoms with E-state index in [-0.39, 0.29) is 5.13 Å². The number of aryl methyl sites for hydroxylation is 1. The van der Waals surface area contributed by atoms with E-state index in [0.717, 1.165) is 28.0 Å². The minimum absolute atomic E-state index is 0.146. The Balaban J connectivity index is 1.93. The molecule has 0 aliphatic rings. The summed E-state index contributed by atoms with van der Waals surface area (Å²) >= 11 is 1.14. The van der Waals surface area contributed by atoms with Gasteiger partial charge in [0.25, 0.3) is 5.91 Å². The second-order valence-corrected chi connectivity index (χ2v) is 6.01. The molecule has 0 saturated heterocycles. The molecule has 0 radical (unpaired) electrons. The summed E-state index contributed by atoms with van der Waals surface area (Å²) < 4.78 is 53.8. The third-order valence-electron chi connectivity index (χ3n) is 3.43. The minimum atomic E-state index is -2.03. The number of nitrogens with one attached hydrogen (secondary N) is 1. The van der Waals surface area contributed by atoms with Crippen molar-refractivity contribution in [3.05, 3.63) is 58.7 Å². The lowest BCUT2D eigenvalue weighted by atomic mass is 10.1. The van der Waals surface area contributed by atoms with Crippen LogP contribution in [0.1, 0.15) is 22.8 Å². The second-order valence-electron chi connectivity index (χ2n) is 4.98. The van der Waals surface area contributed by atoms with Gasteiger partial charge in [0.1, 0.15) is 0 Å². The lowest BCUT2D eigenvalue weighted by molar-refractivity contribution is 0.102. The molecule has 1 aromatic heterocycles. The number of hydrogen-bond acceptors (Lipinski definition) is 3. The van der Waals surface area contributed by atoms with Gasteiger partial charge in [0, 0.05) is 0 Å². The quantitative estimate of drug-likeness (QED) is 0.422. The Kier molecular flexibility index (Phi) is 4.23. The van der Waals surface area contributed by atoms with Gasteiger partial charge in [-0.1, -0.05) is 24.3 Å². The highest BCUT2D eigenvalue weighted by Gasteiger charge is 2.23. The molecule has 0 bridgehead atoms. The average molecular weight is 354 g/mol. The molecule has 3 rings (SSSR count). The molecule has 24 heavy (non-hydrogen) atoms. The number of hydrogen-bond donors (Lipinski definition) is 1. The molecule has 8 heteroatoms. The maximum absolute atomic E-state index is 13.6. The van der Waals surface area contributed by atoms with Gasteiger partial charge in [-0.25, -0.2) is 22.5 Å². The fourth-order valence-corrected chi connectivity index (χ4v) is 3.07. The predicted octanol–water partition coefficient (Wildman–Crippen LogP) is 4.67. The van der Waals surface area contributed by atoms with E-state index in [1.807, 2.05) is 19.1 Å². The molecule has 1 heterocycles. The Labute approximate surface area is 137 Å². The van der Waals surface area contributed by atoms with Crippen molar-refractivity contribution in [1.29, 1.82) is 0 Å². The molecule has 3 aromatic rings. The maximum Gasteiger partial charge on any atom is 0.260 e. The van der Waals surface area contributed by atoms with Gasteiger partial charge in [-0.2, -0.15) is 0 Å². The summed E-state index contributed by atoms with van der Waals surface area (Å²) in [5.74, 6) is -8.50. The third-order valence-corrected chi connectivity index (χ3v) is 4.36. The van der Waals surface area contributed by atoms with Gasteiger partial charge in [-0.15, -0.1) is 0 Å². The van der Waals surface area contributed by atoms with Crippen molar-refractivity contribution in [2.75, 3.05) is 5.32 Å². The van der Waals surface area contributed by atoms with Crippen molar-refractivity contribution in [2.24, 2.45) is 0 Å². The Bertz CT molecular complexity index is 955. The lowest BCUT2D eigenvalue weighted by Gasteiger charge is -2.05. The van der Waals surface area contributed by atoms with E-state index >= 15 is 0 Å². The molecule has 124 valence electrons. The van der Waals surface area contributed by atoms with Gasteiger partial charge >= 0.3 is 0 Å². The van der Waals surface area contributed by atoms with Crippen LogP contribution in [0.15, 0.2) is 24.3 Å². The van der Waals surface area contributed by atoms with Crippen LogP contribution in [0.3, 0.4) is 0 Å². The third kappa shape index (κ3) is 2.84. The van der Waals surface area contributed by atoms with Crippen molar-refractivity contribution in [3.63, 3.8) is 0 Å². The standard InChI is InChI=1S/C16H10F4N2OS/c1-2-7-3-4-10-11(5-7)24-16(21-10)22-15(23)8-6-9(17)13(19)14(20)12(8)18/h3-6H,2H2,1H3,(H,21,22,23). The fourth-order valence-electron chi connectivity index (χ4n) is 2.14. The number of nitrogens with zero attached hydrogens (tertiary/aromatic N) is 1. The van der Waals surface area contributed by atoms with Crippen molar-refractivity contribution in [1.82, 2.24) is 4.98 Å². The Morgan fingerprint density at radius 1 is 1.12 bits per heavy atom. The summed E-state index contributed by atoms with van der Waals surface area (Å²) in [6.45, 7) is 1.99. The van der Waals surface area contributed by atoms with Crippen molar-refractivity contribution in [3.8, 4) is 0 Å². The number of aromatic nitrogens is 1. The molecule has 0 fully saturated rings. The molecule has 3 nitrogen and oxygen atoms in total. The van der Waals surface area contributed by atoms with E-state index < -0.39 is 34.7 Å². The second kappa shape index (κ2) is 6.20. The first-order valence-corrected chi connectivity index (χ1v) is 7.76. The number of fused-ring (bicyclic) bond motifs is 1. The topological polar surface area (TPSA) is 42.0 Å². The Hall–Kier alpha value is -2.48. The van der Waals surface area contributed by atoms with Gasteiger partial charge in [0.05, 0.1) is 15.8 Å².